The molecular formula is C8H18N4O. The SMILES string of the molecule is CN=C(NN)NCC1CCCCO1. The van der Waals surface area contributed by atoms with Gasteiger partial charge in [-0.25, -0.2) is 5.84 Å². The van der Waals surface area contributed by atoms with Crippen LogP contribution in [0.5, 0.6) is 0 Å². The minimum absolute atomic E-state index is 0.304. The molecule has 1 saturated heterocycles. The molecule has 76 valence electrons. The number of hydrogen-bond acceptors (Lipinski definition) is 3. The molecule has 0 aromatic carbocycles. The summed E-state index contributed by atoms with van der Waals surface area (Å²) in [5.41, 5.74) is 2.47. The average molecular weight is 186 g/mol. The van der Waals surface area contributed by atoms with E-state index in [1.54, 1.807) is 7.05 Å². The Morgan fingerprint density at radius 1 is 1.62 bits per heavy atom. The van der Waals surface area contributed by atoms with Gasteiger partial charge in [-0.2, -0.15) is 0 Å². The minimum Gasteiger partial charge on any atom is -0.376 e. The number of nitrogens with zero attached hydrogens (tertiary/aromatic N) is 1. The molecule has 0 radical (unpaired) electrons. The molecule has 5 nitrogen and oxygen atoms in total. The van der Waals surface area contributed by atoms with E-state index < -0.39 is 0 Å². The van der Waals surface area contributed by atoms with Gasteiger partial charge in [-0.3, -0.25) is 10.4 Å². The highest BCUT2D eigenvalue weighted by Crippen LogP contribution is 2.11. The standard InChI is InChI=1S/C8H18N4O/c1-10-8(12-9)11-6-7-4-2-3-5-13-7/h7H,2-6,9H2,1H3,(H2,10,11,12). The zero-order valence-corrected chi connectivity index (χ0v) is 8.05. The first-order valence-electron chi connectivity index (χ1n) is 4.65. The maximum absolute atomic E-state index is 5.53. The third-order valence-electron chi connectivity index (χ3n) is 2.13. The fraction of sp³-hybridized carbons (Fsp3) is 0.875. The van der Waals surface area contributed by atoms with Crippen LogP contribution in [-0.2, 0) is 4.74 Å². The molecule has 4 N–H and O–H groups in total. The maximum Gasteiger partial charge on any atom is 0.205 e. The highest BCUT2D eigenvalue weighted by atomic mass is 16.5. The lowest BCUT2D eigenvalue weighted by Crippen LogP contribution is -2.45. The number of guanidine groups is 1. The van der Waals surface area contributed by atoms with Crippen LogP contribution in [0.4, 0.5) is 0 Å². The molecule has 0 aromatic rings. The molecule has 1 aliphatic rings. The maximum atomic E-state index is 5.53. The van der Waals surface area contributed by atoms with Crippen molar-refractivity contribution >= 4 is 5.96 Å². The van der Waals surface area contributed by atoms with Crippen LogP contribution in [0.3, 0.4) is 0 Å². The summed E-state index contributed by atoms with van der Waals surface area (Å²) < 4.78 is 5.53. The zero-order chi connectivity index (χ0) is 9.52. The van der Waals surface area contributed by atoms with E-state index in [1.807, 2.05) is 0 Å². The topological polar surface area (TPSA) is 71.7 Å². The van der Waals surface area contributed by atoms with Crippen molar-refractivity contribution in [3.8, 4) is 0 Å². The predicted octanol–water partition coefficient (Wildman–Crippen LogP) is -0.406. The molecule has 5 heteroatoms. The number of hydrazine groups is 1. The monoisotopic (exact) mass is 186 g/mol. The molecule has 1 fully saturated rings. The van der Waals surface area contributed by atoms with Crippen molar-refractivity contribution in [2.75, 3.05) is 20.2 Å². The Morgan fingerprint density at radius 3 is 3.00 bits per heavy atom. The Morgan fingerprint density at radius 2 is 2.46 bits per heavy atom. The molecule has 1 heterocycles. The number of nitrogens with one attached hydrogen (secondary N) is 2. The molecule has 13 heavy (non-hydrogen) atoms. The first-order valence-corrected chi connectivity index (χ1v) is 4.65. The van der Waals surface area contributed by atoms with Crippen molar-refractivity contribution in [3.63, 3.8) is 0 Å². The highest BCUT2D eigenvalue weighted by molar-refractivity contribution is 5.78. The summed E-state index contributed by atoms with van der Waals surface area (Å²) in [6, 6.07) is 0. The van der Waals surface area contributed by atoms with Crippen LogP contribution in [0.1, 0.15) is 19.3 Å². The average Bonchev–Trinajstić information content (AvgIpc) is 2.21. The van der Waals surface area contributed by atoms with Crippen LogP contribution in [0, 0.1) is 0 Å². The van der Waals surface area contributed by atoms with Gasteiger partial charge in [0, 0.05) is 20.2 Å². The van der Waals surface area contributed by atoms with Crippen molar-refractivity contribution in [1.82, 2.24) is 10.7 Å². The highest BCUT2D eigenvalue weighted by Gasteiger charge is 2.13. The Hall–Kier alpha value is -0.810. The fourth-order valence-electron chi connectivity index (χ4n) is 1.37. The number of aliphatic imine (C=N–C) groups is 1. The van der Waals surface area contributed by atoms with Gasteiger partial charge in [-0.1, -0.05) is 0 Å². The summed E-state index contributed by atoms with van der Waals surface area (Å²) in [4.78, 5) is 3.90. The van der Waals surface area contributed by atoms with Gasteiger partial charge in [0.1, 0.15) is 0 Å². The van der Waals surface area contributed by atoms with Crippen molar-refractivity contribution in [2.45, 2.75) is 25.4 Å². The summed E-state index contributed by atoms with van der Waals surface area (Å²) in [5.74, 6) is 5.82. The first-order chi connectivity index (χ1) is 6.36. The molecule has 1 aliphatic heterocycles. The van der Waals surface area contributed by atoms with Gasteiger partial charge in [0.2, 0.25) is 5.96 Å². The van der Waals surface area contributed by atoms with E-state index in [0.29, 0.717) is 12.1 Å². The van der Waals surface area contributed by atoms with Gasteiger partial charge in [0.25, 0.3) is 0 Å². The summed E-state index contributed by atoms with van der Waals surface area (Å²) in [6.45, 7) is 1.65. The Kier molecular flexibility index (Phi) is 4.56. The van der Waals surface area contributed by atoms with Gasteiger partial charge in [-0.05, 0) is 19.3 Å². The third-order valence-corrected chi connectivity index (χ3v) is 2.13. The van der Waals surface area contributed by atoms with E-state index in [4.69, 9.17) is 10.6 Å². The number of rotatable bonds is 2. The molecule has 1 rings (SSSR count). The van der Waals surface area contributed by atoms with E-state index in [2.05, 4.69) is 15.7 Å². The smallest absolute Gasteiger partial charge is 0.205 e. The number of hydrogen-bond donors (Lipinski definition) is 3. The third kappa shape index (κ3) is 3.61. The van der Waals surface area contributed by atoms with Crippen LogP contribution >= 0.6 is 0 Å². The Balaban J connectivity index is 2.16. The first kappa shape index (κ1) is 10.3. The Bertz CT molecular complexity index is 166. The van der Waals surface area contributed by atoms with Gasteiger partial charge in [-0.15, -0.1) is 0 Å². The summed E-state index contributed by atoms with van der Waals surface area (Å²) in [5, 5.41) is 3.08. The van der Waals surface area contributed by atoms with E-state index >= 15 is 0 Å². The normalized spacial score (nSPS) is 24.2. The molecule has 0 amide bonds. The second-order valence-corrected chi connectivity index (χ2v) is 3.09. The Labute approximate surface area is 78.7 Å². The largest absolute Gasteiger partial charge is 0.376 e. The van der Waals surface area contributed by atoms with Crippen molar-refractivity contribution in [2.24, 2.45) is 10.8 Å². The van der Waals surface area contributed by atoms with Crippen LogP contribution < -0.4 is 16.6 Å². The molecule has 0 aliphatic carbocycles. The molecule has 0 aromatic heterocycles. The van der Waals surface area contributed by atoms with Crippen LogP contribution in [0.25, 0.3) is 0 Å². The number of nitrogens with two attached hydrogens (primary N) is 1. The van der Waals surface area contributed by atoms with E-state index in [1.165, 1.54) is 12.8 Å². The minimum atomic E-state index is 0.304. The summed E-state index contributed by atoms with van der Waals surface area (Å²) in [6.07, 6.45) is 3.86. The lowest BCUT2D eigenvalue weighted by molar-refractivity contribution is 0.0194. The lowest BCUT2D eigenvalue weighted by Gasteiger charge is -2.23. The van der Waals surface area contributed by atoms with E-state index in [0.717, 1.165) is 19.6 Å². The molecule has 1 atom stereocenters. The van der Waals surface area contributed by atoms with E-state index in [9.17, 15) is 0 Å². The fourth-order valence-corrected chi connectivity index (χ4v) is 1.37. The van der Waals surface area contributed by atoms with Crippen LogP contribution in [-0.4, -0.2) is 32.3 Å². The van der Waals surface area contributed by atoms with Gasteiger partial charge in [0.15, 0.2) is 0 Å². The van der Waals surface area contributed by atoms with Gasteiger partial charge in [0.05, 0.1) is 6.10 Å². The second kappa shape index (κ2) is 5.77. The van der Waals surface area contributed by atoms with Gasteiger partial charge >= 0.3 is 0 Å². The number of ether oxygens (including phenoxy) is 1. The zero-order valence-electron chi connectivity index (χ0n) is 8.05. The second-order valence-electron chi connectivity index (χ2n) is 3.09. The summed E-state index contributed by atoms with van der Waals surface area (Å²) in [7, 11) is 1.68. The van der Waals surface area contributed by atoms with Crippen molar-refractivity contribution in [1.29, 1.82) is 0 Å². The molecule has 0 bridgehead atoms. The quantitative estimate of drug-likeness (QED) is 0.237. The molecule has 0 saturated carbocycles. The lowest BCUT2D eigenvalue weighted by atomic mass is 10.1. The molecular weight excluding hydrogens is 168 g/mol. The molecule has 1 unspecified atom stereocenters. The predicted molar refractivity (Wildman–Crippen MR) is 52.3 cm³/mol. The van der Waals surface area contributed by atoms with Crippen molar-refractivity contribution < 1.29 is 4.74 Å². The summed E-state index contributed by atoms with van der Waals surface area (Å²) >= 11 is 0. The van der Waals surface area contributed by atoms with Crippen LogP contribution in [0.2, 0.25) is 0 Å². The van der Waals surface area contributed by atoms with Gasteiger partial charge < -0.3 is 10.1 Å². The molecule has 0 spiro atoms. The van der Waals surface area contributed by atoms with E-state index in [-0.39, 0.29) is 0 Å². The van der Waals surface area contributed by atoms with Crippen LogP contribution in [0.15, 0.2) is 4.99 Å². The van der Waals surface area contributed by atoms with Crippen molar-refractivity contribution in [3.05, 3.63) is 0 Å².